The second-order valence-electron chi connectivity index (χ2n) is 5.48. The molecular formula is C16H25BrN2. The van der Waals surface area contributed by atoms with Gasteiger partial charge in [0.05, 0.1) is 0 Å². The molecule has 2 nitrogen and oxygen atoms in total. The maximum atomic E-state index is 3.62. The van der Waals surface area contributed by atoms with E-state index in [0.29, 0.717) is 6.04 Å². The van der Waals surface area contributed by atoms with E-state index < -0.39 is 0 Å². The quantitative estimate of drug-likeness (QED) is 0.851. The van der Waals surface area contributed by atoms with Gasteiger partial charge in [0.2, 0.25) is 0 Å². The zero-order valence-corrected chi connectivity index (χ0v) is 13.6. The molecular weight excluding hydrogens is 300 g/mol. The number of likely N-dealkylation sites (tertiary alicyclic amines) is 1. The van der Waals surface area contributed by atoms with Crippen LogP contribution in [0.15, 0.2) is 28.7 Å². The molecule has 1 heterocycles. The highest BCUT2D eigenvalue weighted by molar-refractivity contribution is 9.10. The Kier molecular flexibility index (Phi) is 5.86. The van der Waals surface area contributed by atoms with Gasteiger partial charge in [0.1, 0.15) is 0 Å². The molecule has 1 N–H and O–H groups in total. The predicted molar refractivity (Wildman–Crippen MR) is 85.4 cm³/mol. The Hall–Kier alpha value is -0.380. The molecule has 1 fully saturated rings. The summed E-state index contributed by atoms with van der Waals surface area (Å²) >= 11 is 3.51. The van der Waals surface area contributed by atoms with Crippen LogP contribution in [-0.2, 0) is 0 Å². The van der Waals surface area contributed by atoms with E-state index in [1.807, 2.05) is 0 Å². The van der Waals surface area contributed by atoms with Crippen molar-refractivity contribution in [2.45, 2.75) is 45.2 Å². The maximum Gasteiger partial charge on any atom is 0.0332 e. The summed E-state index contributed by atoms with van der Waals surface area (Å²) in [5.74, 6) is 0. The van der Waals surface area contributed by atoms with Crippen LogP contribution in [0.1, 0.15) is 44.7 Å². The summed E-state index contributed by atoms with van der Waals surface area (Å²) in [4.78, 5) is 2.63. The SMILES string of the molecule is CCNC(CCN1CCCC1C)c1ccc(Br)cc1. The topological polar surface area (TPSA) is 15.3 Å². The molecule has 1 saturated heterocycles. The van der Waals surface area contributed by atoms with Crippen LogP contribution in [0.5, 0.6) is 0 Å². The summed E-state index contributed by atoms with van der Waals surface area (Å²) in [5, 5.41) is 3.62. The van der Waals surface area contributed by atoms with Crippen LogP contribution in [-0.4, -0.2) is 30.6 Å². The van der Waals surface area contributed by atoms with E-state index in [1.165, 1.54) is 37.9 Å². The van der Waals surface area contributed by atoms with Gasteiger partial charge in [0.25, 0.3) is 0 Å². The monoisotopic (exact) mass is 324 g/mol. The fourth-order valence-corrected chi connectivity index (χ4v) is 3.21. The lowest BCUT2D eigenvalue weighted by Crippen LogP contribution is -2.31. The lowest BCUT2D eigenvalue weighted by molar-refractivity contribution is 0.252. The molecule has 0 amide bonds. The molecule has 1 aromatic carbocycles. The minimum absolute atomic E-state index is 0.478. The van der Waals surface area contributed by atoms with Gasteiger partial charge in [-0.05, 0) is 57.0 Å². The zero-order chi connectivity index (χ0) is 13.7. The van der Waals surface area contributed by atoms with Crippen molar-refractivity contribution in [3.8, 4) is 0 Å². The first-order valence-corrected chi connectivity index (χ1v) is 8.23. The molecule has 2 rings (SSSR count). The Bertz CT molecular complexity index is 377. The molecule has 19 heavy (non-hydrogen) atoms. The standard InChI is InChI=1S/C16H25BrN2/c1-3-18-16(14-6-8-15(17)9-7-14)10-12-19-11-4-5-13(19)2/h6-9,13,16,18H,3-5,10-12H2,1-2H3. The highest BCUT2D eigenvalue weighted by Crippen LogP contribution is 2.22. The van der Waals surface area contributed by atoms with Crippen molar-refractivity contribution in [1.82, 2.24) is 10.2 Å². The van der Waals surface area contributed by atoms with Gasteiger partial charge in [0.15, 0.2) is 0 Å². The third-order valence-corrected chi connectivity index (χ3v) is 4.65. The Morgan fingerprint density at radius 3 is 2.68 bits per heavy atom. The molecule has 2 unspecified atom stereocenters. The van der Waals surface area contributed by atoms with Crippen molar-refractivity contribution in [2.24, 2.45) is 0 Å². The van der Waals surface area contributed by atoms with Gasteiger partial charge in [-0.15, -0.1) is 0 Å². The number of hydrogen-bond donors (Lipinski definition) is 1. The number of rotatable bonds is 6. The van der Waals surface area contributed by atoms with Gasteiger partial charge in [0, 0.05) is 23.1 Å². The van der Waals surface area contributed by atoms with E-state index in [1.54, 1.807) is 0 Å². The van der Waals surface area contributed by atoms with Crippen molar-refractivity contribution in [1.29, 1.82) is 0 Å². The molecule has 106 valence electrons. The molecule has 0 bridgehead atoms. The summed E-state index contributed by atoms with van der Waals surface area (Å²) in [7, 11) is 0. The van der Waals surface area contributed by atoms with Crippen molar-refractivity contribution in [3.63, 3.8) is 0 Å². The van der Waals surface area contributed by atoms with E-state index in [4.69, 9.17) is 0 Å². The highest BCUT2D eigenvalue weighted by atomic mass is 79.9. The number of halogens is 1. The third-order valence-electron chi connectivity index (χ3n) is 4.12. The van der Waals surface area contributed by atoms with Crippen LogP contribution < -0.4 is 5.32 Å². The molecule has 2 atom stereocenters. The van der Waals surface area contributed by atoms with Gasteiger partial charge in [-0.3, -0.25) is 0 Å². The van der Waals surface area contributed by atoms with E-state index in [-0.39, 0.29) is 0 Å². The normalized spacial score (nSPS) is 21.7. The van der Waals surface area contributed by atoms with Crippen molar-refractivity contribution in [3.05, 3.63) is 34.3 Å². The lowest BCUT2D eigenvalue weighted by atomic mass is 10.0. The Labute approximate surface area is 125 Å². The number of nitrogens with one attached hydrogen (secondary N) is 1. The molecule has 0 spiro atoms. The van der Waals surface area contributed by atoms with Gasteiger partial charge >= 0.3 is 0 Å². The van der Waals surface area contributed by atoms with Crippen LogP contribution in [0.3, 0.4) is 0 Å². The molecule has 1 aromatic rings. The third kappa shape index (κ3) is 4.30. The average Bonchev–Trinajstić information content (AvgIpc) is 2.81. The van der Waals surface area contributed by atoms with Gasteiger partial charge in [-0.25, -0.2) is 0 Å². The summed E-state index contributed by atoms with van der Waals surface area (Å²) in [6.07, 6.45) is 3.93. The lowest BCUT2D eigenvalue weighted by Gasteiger charge is -2.25. The average molecular weight is 325 g/mol. The van der Waals surface area contributed by atoms with Crippen LogP contribution in [0, 0.1) is 0 Å². The van der Waals surface area contributed by atoms with E-state index in [0.717, 1.165) is 17.1 Å². The van der Waals surface area contributed by atoms with Gasteiger partial charge in [-0.1, -0.05) is 35.0 Å². The molecule has 1 aliphatic rings. The molecule has 0 aromatic heterocycles. The first-order chi connectivity index (χ1) is 9.20. The predicted octanol–water partition coefficient (Wildman–Crippen LogP) is 3.97. The van der Waals surface area contributed by atoms with Crippen LogP contribution >= 0.6 is 15.9 Å². The molecule has 0 saturated carbocycles. The molecule has 3 heteroatoms. The summed E-state index contributed by atoms with van der Waals surface area (Å²) in [5.41, 5.74) is 1.40. The van der Waals surface area contributed by atoms with Crippen LogP contribution in [0.2, 0.25) is 0 Å². The fourth-order valence-electron chi connectivity index (χ4n) is 2.95. The largest absolute Gasteiger partial charge is 0.310 e. The van der Waals surface area contributed by atoms with Gasteiger partial charge < -0.3 is 10.2 Å². The smallest absolute Gasteiger partial charge is 0.0332 e. The van der Waals surface area contributed by atoms with Crippen LogP contribution in [0.25, 0.3) is 0 Å². The van der Waals surface area contributed by atoms with E-state index in [9.17, 15) is 0 Å². The van der Waals surface area contributed by atoms with E-state index in [2.05, 4.69) is 64.3 Å². The highest BCUT2D eigenvalue weighted by Gasteiger charge is 2.21. The number of hydrogen-bond acceptors (Lipinski definition) is 2. The Morgan fingerprint density at radius 1 is 1.37 bits per heavy atom. The Morgan fingerprint density at radius 2 is 2.11 bits per heavy atom. The molecule has 0 aliphatic carbocycles. The molecule has 0 radical (unpaired) electrons. The summed E-state index contributed by atoms with van der Waals surface area (Å²) in [6.45, 7) is 8.05. The minimum Gasteiger partial charge on any atom is -0.310 e. The van der Waals surface area contributed by atoms with Gasteiger partial charge in [-0.2, -0.15) is 0 Å². The molecule has 1 aliphatic heterocycles. The first-order valence-electron chi connectivity index (χ1n) is 7.43. The van der Waals surface area contributed by atoms with Crippen molar-refractivity contribution in [2.75, 3.05) is 19.6 Å². The first kappa shape index (κ1) is 15.0. The summed E-state index contributed by atoms with van der Waals surface area (Å²) in [6, 6.07) is 9.98. The van der Waals surface area contributed by atoms with Crippen LogP contribution in [0.4, 0.5) is 0 Å². The summed E-state index contributed by atoms with van der Waals surface area (Å²) < 4.78 is 1.15. The van der Waals surface area contributed by atoms with Crippen molar-refractivity contribution < 1.29 is 0 Å². The number of benzene rings is 1. The minimum atomic E-state index is 0.478. The van der Waals surface area contributed by atoms with Crippen molar-refractivity contribution >= 4 is 15.9 Å². The number of nitrogens with zero attached hydrogens (tertiary/aromatic N) is 1. The fraction of sp³-hybridized carbons (Fsp3) is 0.625. The van der Waals surface area contributed by atoms with E-state index >= 15 is 0 Å². The second-order valence-corrected chi connectivity index (χ2v) is 6.39. The second kappa shape index (κ2) is 7.41. The zero-order valence-electron chi connectivity index (χ0n) is 12.0. The maximum absolute atomic E-state index is 3.62. The Balaban J connectivity index is 1.93.